The molecule has 0 aromatic heterocycles. The van der Waals surface area contributed by atoms with Gasteiger partial charge in [0.05, 0.1) is 0 Å². The molecule has 0 amide bonds. The number of hydrogen-bond acceptors (Lipinski definition) is 2. The van der Waals surface area contributed by atoms with Crippen LogP contribution in [0.4, 0.5) is 0 Å². The first-order chi connectivity index (χ1) is 10.3. The molecule has 126 valence electrons. The number of nitrogens with zero attached hydrogens (tertiary/aromatic N) is 1. The minimum atomic E-state index is 0.628. The van der Waals surface area contributed by atoms with Crippen LogP contribution in [0.3, 0.4) is 0 Å². The predicted octanol–water partition coefficient (Wildman–Crippen LogP) is 4.98. The molecular weight excluding hydrogens is 256 g/mol. The summed E-state index contributed by atoms with van der Waals surface area (Å²) in [6, 6.07) is 1.39. The largest absolute Gasteiger partial charge is 0.310 e. The fourth-order valence-electron chi connectivity index (χ4n) is 3.65. The van der Waals surface area contributed by atoms with Crippen molar-refractivity contribution in [2.45, 2.75) is 103 Å². The van der Waals surface area contributed by atoms with Gasteiger partial charge in [0.25, 0.3) is 0 Å². The van der Waals surface area contributed by atoms with Gasteiger partial charge >= 0.3 is 0 Å². The molecule has 2 nitrogen and oxygen atoms in total. The Balaban J connectivity index is 2.32. The van der Waals surface area contributed by atoms with Gasteiger partial charge in [-0.15, -0.1) is 0 Å². The second kappa shape index (κ2) is 12.5. The number of hydrogen-bond donors (Lipinski definition) is 1. The van der Waals surface area contributed by atoms with Crippen LogP contribution in [-0.4, -0.2) is 36.6 Å². The van der Waals surface area contributed by atoms with Crippen molar-refractivity contribution in [2.75, 3.05) is 19.6 Å². The van der Waals surface area contributed by atoms with E-state index in [0.717, 1.165) is 6.04 Å². The molecule has 1 saturated carbocycles. The molecule has 1 aliphatic carbocycles. The average Bonchev–Trinajstić information content (AvgIpc) is 2.47. The van der Waals surface area contributed by atoms with Crippen LogP contribution in [0.25, 0.3) is 0 Å². The second-order valence-electron chi connectivity index (χ2n) is 7.01. The standard InChI is InChI=1S/C19H40N2/c1-4-21(5-2)17-18(3)20-19-15-13-11-9-7-6-8-10-12-14-16-19/h18-20H,4-17H2,1-3H3. The van der Waals surface area contributed by atoms with Gasteiger partial charge in [-0.1, -0.05) is 71.6 Å². The first kappa shape index (κ1) is 19.0. The van der Waals surface area contributed by atoms with Crippen molar-refractivity contribution in [2.24, 2.45) is 0 Å². The molecular formula is C19H40N2. The molecule has 21 heavy (non-hydrogen) atoms. The fourth-order valence-corrected chi connectivity index (χ4v) is 3.65. The van der Waals surface area contributed by atoms with E-state index in [1.807, 2.05) is 0 Å². The van der Waals surface area contributed by atoms with Crippen LogP contribution in [0.2, 0.25) is 0 Å². The van der Waals surface area contributed by atoms with E-state index < -0.39 is 0 Å². The number of likely N-dealkylation sites (N-methyl/N-ethyl adjacent to an activating group) is 1. The smallest absolute Gasteiger partial charge is 0.0169 e. The van der Waals surface area contributed by atoms with Crippen LogP contribution < -0.4 is 5.32 Å². The third kappa shape index (κ3) is 9.52. The number of nitrogens with one attached hydrogen (secondary N) is 1. The van der Waals surface area contributed by atoms with Gasteiger partial charge < -0.3 is 10.2 Å². The third-order valence-corrected chi connectivity index (χ3v) is 5.05. The summed E-state index contributed by atoms with van der Waals surface area (Å²) in [6.07, 6.45) is 15.9. The molecule has 0 aliphatic heterocycles. The third-order valence-electron chi connectivity index (χ3n) is 5.05. The molecule has 0 saturated heterocycles. The summed E-state index contributed by atoms with van der Waals surface area (Å²) in [7, 11) is 0. The molecule has 0 radical (unpaired) electrons. The van der Waals surface area contributed by atoms with E-state index in [-0.39, 0.29) is 0 Å². The second-order valence-corrected chi connectivity index (χ2v) is 7.01. The molecule has 1 atom stereocenters. The normalized spacial score (nSPS) is 21.7. The molecule has 1 unspecified atom stereocenters. The first-order valence-corrected chi connectivity index (χ1v) is 9.74. The zero-order valence-corrected chi connectivity index (χ0v) is 15.0. The van der Waals surface area contributed by atoms with Crippen LogP contribution in [-0.2, 0) is 0 Å². The average molecular weight is 297 g/mol. The Hall–Kier alpha value is -0.0800. The van der Waals surface area contributed by atoms with Crippen LogP contribution in [0.1, 0.15) is 91.4 Å². The molecule has 0 bridgehead atoms. The molecule has 1 rings (SSSR count). The van der Waals surface area contributed by atoms with Crippen LogP contribution >= 0.6 is 0 Å². The Labute approximate surface area is 134 Å². The zero-order valence-electron chi connectivity index (χ0n) is 15.0. The van der Waals surface area contributed by atoms with E-state index in [1.165, 1.54) is 90.3 Å². The van der Waals surface area contributed by atoms with E-state index in [1.54, 1.807) is 0 Å². The van der Waals surface area contributed by atoms with Gasteiger partial charge in [0, 0.05) is 18.6 Å². The minimum Gasteiger partial charge on any atom is -0.310 e. The maximum absolute atomic E-state index is 3.93. The van der Waals surface area contributed by atoms with Crippen molar-refractivity contribution in [3.8, 4) is 0 Å². The summed E-state index contributed by atoms with van der Waals surface area (Å²) in [5.74, 6) is 0. The molecule has 1 aliphatic rings. The molecule has 2 heteroatoms. The van der Waals surface area contributed by atoms with Gasteiger partial charge in [0.15, 0.2) is 0 Å². The van der Waals surface area contributed by atoms with Gasteiger partial charge in [-0.05, 0) is 32.9 Å². The maximum atomic E-state index is 3.93. The number of rotatable bonds is 6. The highest BCUT2D eigenvalue weighted by atomic mass is 15.1. The van der Waals surface area contributed by atoms with Crippen molar-refractivity contribution in [3.63, 3.8) is 0 Å². The van der Waals surface area contributed by atoms with Crippen molar-refractivity contribution in [1.82, 2.24) is 10.2 Å². The molecule has 1 fully saturated rings. The maximum Gasteiger partial charge on any atom is 0.0169 e. The zero-order chi connectivity index (χ0) is 15.3. The summed E-state index contributed by atoms with van der Waals surface area (Å²) in [5, 5.41) is 3.93. The van der Waals surface area contributed by atoms with Crippen molar-refractivity contribution >= 4 is 0 Å². The Morgan fingerprint density at radius 2 is 1.24 bits per heavy atom. The highest BCUT2D eigenvalue weighted by Crippen LogP contribution is 2.17. The van der Waals surface area contributed by atoms with Gasteiger partial charge in [0.2, 0.25) is 0 Å². The summed E-state index contributed by atoms with van der Waals surface area (Å²) in [4.78, 5) is 2.53. The van der Waals surface area contributed by atoms with Crippen molar-refractivity contribution in [1.29, 1.82) is 0 Å². The molecule has 0 heterocycles. The van der Waals surface area contributed by atoms with Gasteiger partial charge in [-0.2, -0.15) is 0 Å². The van der Waals surface area contributed by atoms with E-state index in [9.17, 15) is 0 Å². The quantitative estimate of drug-likeness (QED) is 0.743. The summed E-state index contributed by atoms with van der Waals surface area (Å²) in [6.45, 7) is 10.5. The van der Waals surface area contributed by atoms with Crippen molar-refractivity contribution < 1.29 is 0 Å². The van der Waals surface area contributed by atoms with Crippen LogP contribution in [0, 0.1) is 0 Å². The summed E-state index contributed by atoms with van der Waals surface area (Å²) < 4.78 is 0. The predicted molar refractivity (Wildman–Crippen MR) is 95.0 cm³/mol. The van der Waals surface area contributed by atoms with Crippen LogP contribution in [0.15, 0.2) is 0 Å². The summed E-state index contributed by atoms with van der Waals surface area (Å²) in [5.41, 5.74) is 0. The first-order valence-electron chi connectivity index (χ1n) is 9.74. The Morgan fingerprint density at radius 3 is 1.67 bits per heavy atom. The highest BCUT2D eigenvalue weighted by molar-refractivity contribution is 4.74. The SMILES string of the molecule is CCN(CC)CC(C)NC1CCCCCCCCCCC1. The molecule has 0 aromatic carbocycles. The Kier molecular flexibility index (Phi) is 11.3. The molecule has 0 aromatic rings. The van der Waals surface area contributed by atoms with Crippen molar-refractivity contribution in [3.05, 3.63) is 0 Å². The topological polar surface area (TPSA) is 15.3 Å². The monoisotopic (exact) mass is 296 g/mol. The lowest BCUT2D eigenvalue weighted by atomic mass is 9.97. The van der Waals surface area contributed by atoms with E-state index in [2.05, 4.69) is 31.0 Å². The lowest BCUT2D eigenvalue weighted by Crippen LogP contribution is -2.44. The lowest BCUT2D eigenvalue weighted by molar-refractivity contribution is 0.253. The lowest BCUT2D eigenvalue weighted by Gasteiger charge is -2.28. The highest BCUT2D eigenvalue weighted by Gasteiger charge is 2.14. The van der Waals surface area contributed by atoms with E-state index >= 15 is 0 Å². The van der Waals surface area contributed by atoms with Gasteiger partial charge in [0.1, 0.15) is 0 Å². The fraction of sp³-hybridized carbons (Fsp3) is 1.00. The van der Waals surface area contributed by atoms with Gasteiger partial charge in [-0.3, -0.25) is 0 Å². The summed E-state index contributed by atoms with van der Waals surface area (Å²) >= 11 is 0. The minimum absolute atomic E-state index is 0.628. The van der Waals surface area contributed by atoms with E-state index in [4.69, 9.17) is 0 Å². The molecule has 0 spiro atoms. The van der Waals surface area contributed by atoms with Gasteiger partial charge in [-0.25, -0.2) is 0 Å². The Morgan fingerprint density at radius 1 is 0.810 bits per heavy atom. The van der Waals surface area contributed by atoms with E-state index in [0.29, 0.717) is 6.04 Å². The van der Waals surface area contributed by atoms with Crippen LogP contribution in [0.5, 0.6) is 0 Å². The molecule has 1 N–H and O–H groups in total. The Bertz CT molecular complexity index is 214.